The molecule has 4 aromatic heterocycles. The van der Waals surface area contributed by atoms with E-state index in [0.29, 0.717) is 18.0 Å². The Morgan fingerprint density at radius 1 is 1.22 bits per heavy atom. The number of amides is 1. The lowest BCUT2D eigenvalue weighted by Crippen LogP contribution is -2.52. The second kappa shape index (κ2) is 6.08. The van der Waals surface area contributed by atoms with Crippen molar-refractivity contribution in [3.8, 4) is 0 Å². The number of anilines is 1. The van der Waals surface area contributed by atoms with E-state index in [1.165, 1.54) is 0 Å². The minimum absolute atomic E-state index is 0.0307. The monoisotopic (exact) mass is 361 g/mol. The maximum atomic E-state index is 12.4. The van der Waals surface area contributed by atoms with Crippen LogP contribution in [0, 0.1) is 12.8 Å². The lowest BCUT2D eigenvalue weighted by atomic mass is 10.00. The molecular formula is C19H19N7O. The van der Waals surface area contributed by atoms with Gasteiger partial charge in [-0.05, 0) is 37.3 Å². The van der Waals surface area contributed by atoms with Gasteiger partial charge in [0.1, 0.15) is 5.82 Å². The molecule has 1 N–H and O–H groups in total. The van der Waals surface area contributed by atoms with Crippen LogP contribution >= 0.6 is 0 Å². The molecule has 0 saturated carbocycles. The van der Waals surface area contributed by atoms with Crippen molar-refractivity contribution in [1.82, 2.24) is 29.5 Å². The summed E-state index contributed by atoms with van der Waals surface area (Å²) in [6.07, 6.45) is 3.80. The summed E-state index contributed by atoms with van der Waals surface area (Å²) in [5.74, 6) is 2.07. The van der Waals surface area contributed by atoms with Crippen LogP contribution in [0.2, 0.25) is 0 Å². The van der Waals surface area contributed by atoms with Crippen molar-refractivity contribution >= 4 is 22.9 Å². The van der Waals surface area contributed by atoms with Gasteiger partial charge in [0.05, 0.1) is 5.56 Å². The average molecular weight is 361 g/mol. The zero-order chi connectivity index (χ0) is 18.4. The molecule has 0 aromatic carbocycles. The Bertz CT molecular complexity index is 1110. The van der Waals surface area contributed by atoms with Crippen molar-refractivity contribution in [3.05, 3.63) is 60.2 Å². The van der Waals surface area contributed by atoms with Crippen LogP contribution in [0.15, 0.2) is 48.8 Å². The zero-order valence-corrected chi connectivity index (χ0v) is 14.9. The SMILES string of the molecule is Cc1nnc2ccc(N3CC(CNC(=O)c4cc5ccccn5c4)C3)nn12. The number of rotatable bonds is 4. The van der Waals surface area contributed by atoms with Gasteiger partial charge in [0.2, 0.25) is 0 Å². The minimum atomic E-state index is -0.0307. The third kappa shape index (κ3) is 2.79. The first-order valence-electron chi connectivity index (χ1n) is 8.96. The van der Waals surface area contributed by atoms with Crippen molar-refractivity contribution in [2.45, 2.75) is 6.92 Å². The number of carbonyl (C=O) groups excluding carboxylic acids is 1. The Morgan fingerprint density at radius 2 is 2.11 bits per heavy atom. The number of fused-ring (bicyclic) bond motifs is 2. The lowest BCUT2D eigenvalue weighted by molar-refractivity contribution is 0.0944. The average Bonchev–Trinajstić information content (AvgIpc) is 3.24. The Kier molecular flexibility index (Phi) is 3.56. The minimum Gasteiger partial charge on any atom is -0.354 e. The number of carbonyl (C=O) groups is 1. The molecule has 0 spiro atoms. The normalized spacial score (nSPS) is 14.6. The maximum Gasteiger partial charge on any atom is 0.252 e. The molecule has 0 radical (unpaired) electrons. The van der Waals surface area contributed by atoms with Crippen LogP contribution in [-0.4, -0.2) is 49.8 Å². The Hall–Kier alpha value is -3.42. The molecule has 1 amide bonds. The van der Waals surface area contributed by atoms with E-state index in [4.69, 9.17) is 0 Å². The van der Waals surface area contributed by atoms with Crippen molar-refractivity contribution in [2.75, 3.05) is 24.5 Å². The zero-order valence-electron chi connectivity index (χ0n) is 14.9. The van der Waals surface area contributed by atoms with Gasteiger partial charge in [-0.25, -0.2) is 0 Å². The van der Waals surface area contributed by atoms with E-state index in [-0.39, 0.29) is 5.91 Å². The molecule has 8 heteroatoms. The van der Waals surface area contributed by atoms with E-state index in [0.717, 1.165) is 35.9 Å². The summed E-state index contributed by atoms with van der Waals surface area (Å²) in [5.41, 5.74) is 2.45. The summed E-state index contributed by atoms with van der Waals surface area (Å²) >= 11 is 0. The van der Waals surface area contributed by atoms with E-state index < -0.39 is 0 Å². The quantitative estimate of drug-likeness (QED) is 0.597. The number of nitrogens with one attached hydrogen (secondary N) is 1. The topological polar surface area (TPSA) is 79.8 Å². The fourth-order valence-corrected chi connectivity index (χ4v) is 3.46. The lowest BCUT2D eigenvalue weighted by Gasteiger charge is -2.40. The second-order valence-electron chi connectivity index (χ2n) is 6.95. The molecule has 27 heavy (non-hydrogen) atoms. The largest absolute Gasteiger partial charge is 0.354 e. The van der Waals surface area contributed by atoms with Gasteiger partial charge in [0.15, 0.2) is 11.5 Å². The van der Waals surface area contributed by atoms with Gasteiger partial charge in [-0.15, -0.1) is 15.3 Å². The van der Waals surface area contributed by atoms with Gasteiger partial charge < -0.3 is 14.6 Å². The molecular weight excluding hydrogens is 342 g/mol. The van der Waals surface area contributed by atoms with E-state index in [2.05, 4.69) is 25.5 Å². The highest BCUT2D eigenvalue weighted by atomic mass is 16.1. The highest BCUT2D eigenvalue weighted by Crippen LogP contribution is 2.22. The number of nitrogens with zero attached hydrogens (tertiary/aromatic N) is 6. The molecule has 0 bridgehead atoms. The van der Waals surface area contributed by atoms with Crippen LogP contribution in [0.3, 0.4) is 0 Å². The summed E-state index contributed by atoms with van der Waals surface area (Å²) in [6.45, 7) is 4.29. The third-order valence-corrected chi connectivity index (χ3v) is 5.00. The number of hydrogen-bond acceptors (Lipinski definition) is 5. The van der Waals surface area contributed by atoms with E-state index in [1.54, 1.807) is 4.52 Å². The molecule has 0 unspecified atom stereocenters. The Morgan fingerprint density at radius 3 is 2.96 bits per heavy atom. The molecule has 136 valence electrons. The van der Waals surface area contributed by atoms with Gasteiger partial charge in [-0.3, -0.25) is 4.79 Å². The molecule has 1 fully saturated rings. The second-order valence-corrected chi connectivity index (χ2v) is 6.95. The van der Waals surface area contributed by atoms with Crippen molar-refractivity contribution in [1.29, 1.82) is 0 Å². The van der Waals surface area contributed by atoms with Crippen molar-refractivity contribution in [3.63, 3.8) is 0 Å². The number of aryl methyl sites for hydroxylation is 1. The number of pyridine rings is 1. The van der Waals surface area contributed by atoms with E-state index in [9.17, 15) is 4.79 Å². The fourth-order valence-electron chi connectivity index (χ4n) is 3.46. The van der Waals surface area contributed by atoms with Crippen LogP contribution in [-0.2, 0) is 0 Å². The molecule has 1 aliphatic rings. The Labute approximate surface area is 155 Å². The molecule has 1 saturated heterocycles. The van der Waals surface area contributed by atoms with Crippen LogP contribution < -0.4 is 10.2 Å². The van der Waals surface area contributed by atoms with Gasteiger partial charge in [0.25, 0.3) is 5.91 Å². The number of aromatic nitrogens is 5. The van der Waals surface area contributed by atoms with Crippen LogP contribution in [0.1, 0.15) is 16.2 Å². The predicted molar refractivity (Wildman–Crippen MR) is 101 cm³/mol. The summed E-state index contributed by atoms with van der Waals surface area (Å²) in [5, 5.41) is 15.7. The molecule has 1 aliphatic heterocycles. The van der Waals surface area contributed by atoms with Crippen LogP contribution in [0.25, 0.3) is 11.2 Å². The van der Waals surface area contributed by atoms with E-state index in [1.807, 2.05) is 60.1 Å². The van der Waals surface area contributed by atoms with E-state index >= 15 is 0 Å². The van der Waals surface area contributed by atoms with Gasteiger partial charge in [-0.2, -0.15) is 4.52 Å². The van der Waals surface area contributed by atoms with Gasteiger partial charge in [0, 0.05) is 43.5 Å². The standard InChI is InChI=1S/C19H19N7O/c1-13-21-22-17-5-6-18(23-26(13)17)25-10-14(11-25)9-20-19(27)15-8-16-4-2-3-7-24(16)12-15/h2-8,12,14H,9-11H2,1H3,(H,20,27). The third-order valence-electron chi connectivity index (χ3n) is 5.00. The molecule has 4 aromatic rings. The molecule has 0 atom stereocenters. The smallest absolute Gasteiger partial charge is 0.252 e. The number of hydrogen-bond donors (Lipinski definition) is 1. The molecule has 0 aliphatic carbocycles. The summed E-state index contributed by atoms with van der Waals surface area (Å²) in [6, 6.07) is 11.7. The van der Waals surface area contributed by atoms with Crippen molar-refractivity contribution in [2.24, 2.45) is 5.92 Å². The van der Waals surface area contributed by atoms with Crippen LogP contribution in [0.4, 0.5) is 5.82 Å². The van der Waals surface area contributed by atoms with Gasteiger partial charge in [-0.1, -0.05) is 6.07 Å². The Balaban J connectivity index is 1.18. The van der Waals surface area contributed by atoms with Gasteiger partial charge >= 0.3 is 0 Å². The van der Waals surface area contributed by atoms with Crippen LogP contribution in [0.5, 0.6) is 0 Å². The highest BCUT2D eigenvalue weighted by molar-refractivity contribution is 5.95. The first-order chi connectivity index (χ1) is 13.2. The predicted octanol–water partition coefficient (Wildman–Crippen LogP) is 1.55. The summed E-state index contributed by atoms with van der Waals surface area (Å²) < 4.78 is 3.71. The highest BCUT2D eigenvalue weighted by Gasteiger charge is 2.28. The maximum absolute atomic E-state index is 12.4. The first kappa shape index (κ1) is 15.8. The fraction of sp³-hybridized carbons (Fsp3) is 0.263. The summed E-state index contributed by atoms with van der Waals surface area (Å²) in [4.78, 5) is 14.6. The molecule has 5 rings (SSSR count). The first-order valence-corrected chi connectivity index (χ1v) is 8.96. The molecule has 8 nitrogen and oxygen atoms in total. The van der Waals surface area contributed by atoms with Crippen molar-refractivity contribution < 1.29 is 4.79 Å². The molecule has 5 heterocycles. The summed E-state index contributed by atoms with van der Waals surface area (Å²) in [7, 11) is 0.